The van der Waals surface area contributed by atoms with Crippen molar-refractivity contribution in [3.05, 3.63) is 59.7 Å². The molecule has 0 saturated carbocycles. The van der Waals surface area contributed by atoms with Crippen LogP contribution in [-0.4, -0.2) is 18.6 Å². The van der Waals surface area contributed by atoms with Gasteiger partial charge in [-0.05, 0) is 44.0 Å². The lowest BCUT2D eigenvalue weighted by atomic mass is 10.0. The van der Waals surface area contributed by atoms with Crippen LogP contribution in [0.4, 0.5) is 5.69 Å². The van der Waals surface area contributed by atoms with Crippen molar-refractivity contribution in [2.45, 2.75) is 32.4 Å². The maximum Gasteiger partial charge on any atom is 0.143 e. The van der Waals surface area contributed by atoms with Crippen molar-refractivity contribution in [2.75, 3.05) is 18.0 Å². The number of hydrogen-bond donors (Lipinski definition) is 1. The number of anilines is 1. The molecule has 2 N–H and O–H groups in total. The lowest BCUT2D eigenvalue weighted by molar-refractivity contribution is 0.194. The molecule has 0 saturated heterocycles. The van der Waals surface area contributed by atoms with Crippen LogP contribution in [0.15, 0.2) is 48.5 Å². The minimum atomic E-state index is -0.249. The van der Waals surface area contributed by atoms with Gasteiger partial charge in [0.1, 0.15) is 11.9 Å². The zero-order valence-corrected chi connectivity index (χ0v) is 13.5. The normalized spacial score (nSPS) is 17.8. The van der Waals surface area contributed by atoms with Gasteiger partial charge in [0.05, 0.1) is 12.2 Å². The molecular formula is C19H24N2O. The number of benzene rings is 2. The van der Waals surface area contributed by atoms with E-state index in [4.69, 9.17) is 10.5 Å². The Labute approximate surface area is 132 Å². The summed E-state index contributed by atoms with van der Waals surface area (Å²) in [5.41, 5.74) is 9.55. The van der Waals surface area contributed by atoms with Crippen LogP contribution in [0.5, 0.6) is 5.75 Å². The highest BCUT2D eigenvalue weighted by molar-refractivity contribution is 5.62. The van der Waals surface area contributed by atoms with Gasteiger partial charge in [-0.1, -0.05) is 36.4 Å². The van der Waals surface area contributed by atoms with Gasteiger partial charge in [-0.15, -0.1) is 0 Å². The fourth-order valence-corrected chi connectivity index (χ4v) is 2.95. The van der Waals surface area contributed by atoms with E-state index in [1.165, 1.54) is 11.1 Å². The fourth-order valence-electron chi connectivity index (χ4n) is 2.95. The number of rotatable bonds is 3. The van der Waals surface area contributed by atoms with E-state index in [1.807, 2.05) is 6.07 Å². The van der Waals surface area contributed by atoms with Crippen molar-refractivity contribution in [2.24, 2.45) is 5.73 Å². The second-order valence-electron chi connectivity index (χ2n) is 6.86. The van der Waals surface area contributed by atoms with Crippen LogP contribution in [0.25, 0.3) is 0 Å². The Balaban J connectivity index is 1.96. The van der Waals surface area contributed by atoms with Gasteiger partial charge in [0.2, 0.25) is 0 Å². The molecule has 0 spiro atoms. The van der Waals surface area contributed by atoms with Crippen molar-refractivity contribution in [1.29, 1.82) is 0 Å². The summed E-state index contributed by atoms with van der Waals surface area (Å²) in [5, 5.41) is 0. The van der Waals surface area contributed by atoms with Gasteiger partial charge in [-0.25, -0.2) is 0 Å². The maximum absolute atomic E-state index is 6.26. The molecule has 1 unspecified atom stereocenters. The molecule has 2 aromatic rings. The number of aryl methyl sites for hydroxylation is 1. The summed E-state index contributed by atoms with van der Waals surface area (Å²) in [6.07, 6.45) is 0.0397. The minimum absolute atomic E-state index is 0.0397. The Kier molecular flexibility index (Phi) is 3.83. The Morgan fingerprint density at radius 2 is 1.91 bits per heavy atom. The van der Waals surface area contributed by atoms with Crippen molar-refractivity contribution < 1.29 is 4.74 Å². The van der Waals surface area contributed by atoms with Crippen molar-refractivity contribution in [3.63, 3.8) is 0 Å². The highest BCUT2D eigenvalue weighted by Gasteiger charge is 2.29. The first-order valence-electron chi connectivity index (χ1n) is 7.78. The highest BCUT2D eigenvalue weighted by atomic mass is 16.5. The first-order valence-corrected chi connectivity index (χ1v) is 7.78. The largest absolute Gasteiger partial charge is 0.482 e. The highest BCUT2D eigenvalue weighted by Crippen LogP contribution is 2.39. The van der Waals surface area contributed by atoms with E-state index < -0.39 is 0 Å². The van der Waals surface area contributed by atoms with Crippen LogP contribution in [0, 0.1) is 6.92 Å². The third-order valence-electron chi connectivity index (χ3n) is 3.88. The molecule has 0 amide bonds. The van der Waals surface area contributed by atoms with Crippen molar-refractivity contribution in [3.8, 4) is 5.75 Å². The van der Waals surface area contributed by atoms with E-state index in [0.717, 1.165) is 24.5 Å². The average Bonchev–Trinajstić information content (AvgIpc) is 2.46. The first kappa shape index (κ1) is 14.9. The smallest absolute Gasteiger partial charge is 0.143 e. The molecule has 0 aromatic heterocycles. The predicted molar refractivity (Wildman–Crippen MR) is 91.5 cm³/mol. The Morgan fingerprint density at radius 1 is 1.18 bits per heavy atom. The third-order valence-corrected chi connectivity index (χ3v) is 3.88. The van der Waals surface area contributed by atoms with Gasteiger partial charge < -0.3 is 15.4 Å². The van der Waals surface area contributed by atoms with Crippen LogP contribution in [0.1, 0.15) is 31.1 Å². The Bertz CT molecular complexity index is 646. The molecule has 1 heterocycles. The zero-order chi connectivity index (χ0) is 15.7. The molecule has 2 aromatic carbocycles. The van der Waals surface area contributed by atoms with Gasteiger partial charge >= 0.3 is 0 Å². The summed E-state index contributed by atoms with van der Waals surface area (Å²) in [6.45, 7) is 7.84. The van der Waals surface area contributed by atoms with Gasteiger partial charge in [-0.2, -0.15) is 0 Å². The third kappa shape index (κ3) is 3.25. The van der Waals surface area contributed by atoms with Crippen molar-refractivity contribution in [1.82, 2.24) is 0 Å². The predicted octanol–water partition coefficient (Wildman–Crippen LogP) is 3.67. The number of fused-ring (bicyclic) bond motifs is 1. The standard InChI is InChI=1S/C19H24N2O/c1-14-9-10-16-17(11-14)22-18(15-7-5-4-6-8-15)12-21(16)13-19(2,3)20/h4-11,18H,12-13,20H2,1-3H3. The minimum Gasteiger partial charge on any atom is -0.482 e. The Hall–Kier alpha value is -2.00. The summed E-state index contributed by atoms with van der Waals surface area (Å²) >= 11 is 0. The molecule has 116 valence electrons. The van der Waals surface area contributed by atoms with E-state index in [0.29, 0.717) is 0 Å². The summed E-state index contributed by atoms with van der Waals surface area (Å²) in [7, 11) is 0. The number of ether oxygens (including phenoxy) is 1. The van der Waals surface area contributed by atoms with Crippen LogP contribution in [0.2, 0.25) is 0 Å². The maximum atomic E-state index is 6.26. The molecule has 3 rings (SSSR count). The topological polar surface area (TPSA) is 38.5 Å². The summed E-state index contributed by atoms with van der Waals surface area (Å²) in [5.74, 6) is 0.948. The molecular weight excluding hydrogens is 272 g/mol. The fraction of sp³-hybridized carbons (Fsp3) is 0.368. The summed E-state index contributed by atoms with van der Waals surface area (Å²) < 4.78 is 6.26. The molecule has 1 aliphatic heterocycles. The molecule has 0 bridgehead atoms. The molecule has 1 atom stereocenters. The van der Waals surface area contributed by atoms with E-state index in [1.54, 1.807) is 0 Å². The second kappa shape index (κ2) is 5.65. The summed E-state index contributed by atoms with van der Waals surface area (Å²) in [4.78, 5) is 2.34. The number of nitrogens with zero attached hydrogens (tertiary/aromatic N) is 1. The lowest BCUT2D eigenvalue weighted by Crippen LogP contribution is -2.48. The second-order valence-corrected chi connectivity index (χ2v) is 6.86. The lowest BCUT2D eigenvalue weighted by Gasteiger charge is -2.39. The van der Waals surface area contributed by atoms with Crippen LogP contribution in [0.3, 0.4) is 0 Å². The Morgan fingerprint density at radius 3 is 2.59 bits per heavy atom. The molecule has 0 fully saturated rings. The molecule has 0 aliphatic carbocycles. The van der Waals surface area contributed by atoms with Crippen LogP contribution in [-0.2, 0) is 0 Å². The molecule has 0 radical (unpaired) electrons. The monoisotopic (exact) mass is 296 g/mol. The average molecular weight is 296 g/mol. The SMILES string of the molecule is Cc1ccc2c(c1)OC(c1ccccc1)CN2CC(C)(C)N. The van der Waals surface area contributed by atoms with Gasteiger partial charge in [0.15, 0.2) is 0 Å². The molecule has 3 heteroatoms. The van der Waals surface area contributed by atoms with Gasteiger partial charge in [-0.3, -0.25) is 0 Å². The molecule has 1 aliphatic rings. The first-order chi connectivity index (χ1) is 10.4. The zero-order valence-electron chi connectivity index (χ0n) is 13.5. The van der Waals surface area contributed by atoms with E-state index in [9.17, 15) is 0 Å². The molecule has 3 nitrogen and oxygen atoms in total. The van der Waals surface area contributed by atoms with E-state index >= 15 is 0 Å². The summed E-state index contributed by atoms with van der Waals surface area (Å²) in [6, 6.07) is 16.8. The van der Waals surface area contributed by atoms with Crippen molar-refractivity contribution >= 4 is 5.69 Å². The van der Waals surface area contributed by atoms with Crippen LogP contribution < -0.4 is 15.4 Å². The number of hydrogen-bond acceptors (Lipinski definition) is 3. The quantitative estimate of drug-likeness (QED) is 0.939. The van der Waals surface area contributed by atoms with Gasteiger partial charge in [0, 0.05) is 12.1 Å². The van der Waals surface area contributed by atoms with E-state index in [2.05, 4.69) is 68.1 Å². The number of nitrogens with two attached hydrogens (primary N) is 1. The van der Waals surface area contributed by atoms with Gasteiger partial charge in [0.25, 0.3) is 0 Å². The molecule has 22 heavy (non-hydrogen) atoms. The van der Waals surface area contributed by atoms with E-state index in [-0.39, 0.29) is 11.6 Å². The van der Waals surface area contributed by atoms with Crippen LogP contribution >= 0.6 is 0 Å².